The first-order chi connectivity index (χ1) is 19.9. The van der Waals surface area contributed by atoms with Gasteiger partial charge < -0.3 is 10.1 Å². The Kier molecular flexibility index (Phi) is 7.65. The Labute approximate surface area is 237 Å². The molecule has 0 unspecified atom stereocenters. The number of nitrogens with zero attached hydrogens (tertiary/aromatic N) is 5. The third-order valence-corrected chi connectivity index (χ3v) is 6.64. The topological polar surface area (TPSA) is 107 Å². The van der Waals surface area contributed by atoms with E-state index in [1.165, 1.54) is 10.8 Å². The predicted molar refractivity (Wildman–Crippen MR) is 158 cm³/mol. The van der Waals surface area contributed by atoms with Crippen LogP contribution in [-0.2, 0) is 11.8 Å². The molecule has 2 aromatic heterocycles. The molecule has 0 atom stereocenters. The first-order valence-electron chi connectivity index (χ1n) is 13.1. The van der Waals surface area contributed by atoms with E-state index in [-0.39, 0.29) is 11.3 Å². The third-order valence-electron chi connectivity index (χ3n) is 6.64. The van der Waals surface area contributed by atoms with Crippen LogP contribution in [-0.4, -0.2) is 31.7 Å². The van der Waals surface area contributed by atoms with Crippen molar-refractivity contribution in [2.24, 2.45) is 7.05 Å². The van der Waals surface area contributed by atoms with Crippen molar-refractivity contribution < 1.29 is 9.53 Å². The highest BCUT2D eigenvalue weighted by molar-refractivity contribution is 6.10. The minimum Gasteiger partial charge on any atom is -0.494 e. The van der Waals surface area contributed by atoms with E-state index >= 15 is 0 Å². The Hall–Kier alpha value is -5.62. The van der Waals surface area contributed by atoms with Gasteiger partial charge in [-0.15, -0.1) is 0 Å². The van der Waals surface area contributed by atoms with Crippen LogP contribution in [0.15, 0.2) is 101 Å². The zero-order valence-electron chi connectivity index (χ0n) is 22.9. The molecule has 1 N–H and O–H groups in total. The number of amides is 1. The van der Waals surface area contributed by atoms with Crippen LogP contribution < -0.4 is 15.6 Å². The van der Waals surface area contributed by atoms with Crippen molar-refractivity contribution in [1.82, 2.24) is 19.1 Å². The number of carbonyl (C=O) groups excluding carboxylic acids is 1. The Morgan fingerprint density at radius 1 is 1.02 bits per heavy atom. The SMILES string of the molecule is CCOc1cccc(-c2nn(-c3ccccc3)cc2/C=C(/C#N)C(=O)Nc2c(C)n(C)n(-c3ccccc3)c2=O)c1. The molecule has 0 bridgehead atoms. The highest BCUT2D eigenvalue weighted by atomic mass is 16.5. The van der Waals surface area contributed by atoms with E-state index in [1.54, 1.807) is 41.7 Å². The number of carbonyl (C=O) groups is 1. The van der Waals surface area contributed by atoms with Crippen molar-refractivity contribution in [2.45, 2.75) is 13.8 Å². The summed E-state index contributed by atoms with van der Waals surface area (Å²) in [6.45, 7) is 4.16. The Bertz CT molecular complexity index is 1840. The molecule has 0 radical (unpaired) electrons. The van der Waals surface area contributed by atoms with Crippen molar-refractivity contribution in [3.05, 3.63) is 118 Å². The van der Waals surface area contributed by atoms with Crippen LogP contribution in [0.2, 0.25) is 0 Å². The molecule has 0 fully saturated rings. The van der Waals surface area contributed by atoms with Crippen LogP contribution in [0.5, 0.6) is 5.75 Å². The molecule has 0 spiro atoms. The van der Waals surface area contributed by atoms with Crippen LogP contribution in [0.1, 0.15) is 18.2 Å². The minimum atomic E-state index is -0.694. The Balaban J connectivity index is 1.55. The number of nitriles is 1. The summed E-state index contributed by atoms with van der Waals surface area (Å²) in [6.07, 6.45) is 3.25. The standard InChI is InChI=1S/C32H28N6O3/c1-4-41-28-17-11-12-23(19-28)30-25(21-37(35-30)26-13-7-5-8-14-26)18-24(20-33)31(39)34-29-22(2)36(3)38(32(29)40)27-15-9-6-10-16-27/h5-19,21H,4H2,1-3H3,(H,34,39)/b24-18-. The average molecular weight is 545 g/mol. The number of nitrogens with one attached hydrogen (secondary N) is 1. The maximum atomic E-state index is 13.4. The van der Waals surface area contributed by atoms with Crippen LogP contribution in [0, 0.1) is 18.3 Å². The maximum absolute atomic E-state index is 13.4. The number of hydrogen-bond acceptors (Lipinski definition) is 5. The summed E-state index contributed by atoms with van der Waals surface area (Å²) < 4.78 is 10.5. The molecule has 0 aliphatic heterocycles. The van der Waals surface area contributed by atoms with E-state index in [4.69, 9.17) is 9.84 Å². The van der Waals surface area contributed by atoms with Crippen LogP contribution in [0.25, 0.3) is 28.7 Å². The minimum absolute atomic E-state index is 0.104. The highest BCUT2D eigenvalue weighted by Crippen LogP contribution is 2.29. The van der Waals surface area contributed by atoms with Gasteiger partial charge in [-0.1, -0.05) is 48.5 Å². The number of rotatable bonds is 8. The molecular formula is C32H28N6O3. The van der Waals surface area contributed by atoms with Gasteiger partial charge in [-0.25, -0.2) is 9.36 Å². The fraction of sp³-hybridized carbons (Fsp3) is 0.125. The lowest BCUT2D eigenvalue weighted by Gasteiger charge is -2.07. The average Bonchev–Trinajstić information content (AvgIpc) is 3.51. The molecule has 5 aromatic rings. The summed E-state index contributed by atoms with van der Waals surface area (Å²) in [7, 11) is 1.74. The summed E-state index contributed by atoms with van der Waals surface area (Å²) in [4.78, 5) is 26.7. The fourth-order valence-corrected chi connectivity index (χ4v) is 4.53. The Morgan fingerprint density at radius 3 is 2.37 bits per heavy atom. The largest absolute Gasteiger partial charge is 0.494 e. The van der Waals surface area contributed by atoms with Crippen molar-refractivity contribution >= 4 is 17.7 Å². The van der Waals surface area contributed by atoms with Crippen molar-refractivity contribution in [3.63, 3.8) is 0 Å². The molecule has 2 heterocycles. The predicted octanol–water partition coefficient (Wildman–Crippen LogP) is 5.28. The monoisotopic (exact) mass is 544 g/mol. The number of hydrogen-bond donors (Lipinski definition) is 1. The summed E-state index contributed by atoms with van der Waals surface area (Å²) >= 11 is 0. The normalized spacial score (nSPS) is 11.2. The molecule has 9 nitrogen and oxygen atoms in total. The first-order valence-corrected chi connectivity index (χ1v) is 13.1. The second-order valence-electron chi connectivity index (χ2n) is 9.23. The molecule has 0 aliphatic rings. The van der Waals surface area contributed by atoms with E-state index in [0.717, 1.165) is 11.3 Å². The number of ether oxygens (including phenoxy) is 1. The maximum Gasteiger partial charge on any atom is 0.295 e. The molecular weight excluding hydrogens is 516 g/mol. The van der Waals surface area contributed by atoms with E-state index in [1.807, 2.05) is 85.8 Å². The molecule has 5 rings (SSSR count). The molecule has 41 heavy (non-hydrogen) atoms. The summed E-state index contributed by atoms with van der Waals surface area (Å²) in [5.74, 6) is -0.0123. The molecule has 0 saturated heterocycles. The first kappa shape index (κ1) is 27.0. The van der Waals surface area contributed by atoms with Crippen LogP contribution in [0.4, 0.5) is 5.69 Å². The van der Waals surface area contributed by atoms with Gasteiger partial charge in [0.25, 0.3) is 11.5 Å². The quantitative estimate of drug-likeness (QED) is 0.211. The molecule has 204 valence electrons. The van der Waals surface area contributed by atoms with Crippen molar-refractivity contribution in [2.75, 3.05) is 11.9 Å². The number of para-hydroxylation sites is 2. The smallest absolute Gasteiger partial charge is 0.295 e. The second-order valence-corrected chi connectivity index (χ2v) is 9.23. The zero-order chi connectivity index (χ0) is 28.9. The van der Waals surface area contributed by atoms with Crippen molar-refractivity contribution in [3.8, 4) is 34.5 Å². The molecule has 9 heteroatoms. The molecule has 3 aromatic carbocycles. The number of aromatic nitrogens is 4. The van der Waals surface area contributed by atoms with E-state index in [0.29, 0.717) is 35.0 Å². The van der Waals surface area contributed by atoms with Gasteiger partial charge in [-0.3, -0.25) is 14.3 Å². The van der Waals surface area contributed by atoms with Gasteiger partial charge in [-0.2, -0.15) is 10.4 Å². The van der Waals surface area contributed by atoms with Gasteiger partial charge in [0.15, 0.2) is 0 Å². The van der Waals surface area contributed by atoms with Crippen LogP contribution >= 0.6 is 0 Å². The summed E-state index contributed by atoms with van der Waals surface area (Å²) in [6, 6.07) is 28.1. The molecule has 1 amide bonds. The lowest BCUT2D eigenvalue weighted by Crippen LogP contribution is -2.23. The lowest BCUT2D eigenvalue weighted by atomic mass is 10.1. The third kappa shape index (κ3) is 5.44. The fourth-order valence-electron chi connectivity index (χ4n) is 4.53. The van der Waals surface area contributed by atoms with E-state index in [9.17, 15) is 14.9 Å². The lowest BCUT2D eigenvalue weighted by molar-refractivity contribution is -0.112. The number of benzene rings is 3. The van der Waals surface area contributed by atoms with Gasteiger partial charge >= 0.3 is 0 Å². The highest BCUT2D eigenvalue weighted by Gasteiger charge is 2.21. The number of anilines is 1. The molecule has 0 aliphatic carbocycles. The zero-order valence-corrected chi connectivity index (χ0v) is 22.9. The van der Waals surface area contributed by atoms with Gasteiger partial charge in [-0.05, 0) is 56.3 Å². The van der Waals surface area contributed by atoms with E-state index in [2.05, 4.69) is 5.32 Å². The summed E-state index contributed by atoms with van der Waals surface area (Å²) in [5, 5.41) is 17.4. The second kappa shape index (κ2) is 11.6. The van der Waals surface area contributed by atoms with E-state index < -0.39 is 11.5 Å². The van der Waals surface area contributed by atoms with Crippen molar-refractivity contribution in [1.29, 1.82) is 5.26 Å². The summed E-state index contributed by atoms with van der Waals surface area (Å²) in [5.41, 5.74) is 3.45. The molecule has 0 saturated carbocycles. The van der Waals surface area contributed by atoms with Crippen LogP contribution in [0.3, 0.4) is 0 Å². The van der Waals surface area contributed by atoms with Gasteiger partial charge in [0.2, 0.25) is 0 Å². The Morgan fingerprint density at radius 2 is 1.71 bits per heavy atom. The van der Waals surface area contributed by atoms with Gasteiger partial charge in [0.05, 0.1) is 23.7 Å². The van der Waals surface area contributed by atoms with Gasteiger partial charge in [0.1, 0.15) is 28.8 Å². The van der Waals surface area contributed by atoms with Gasteiger partial charge in [0, 0.05) is 24.4 Å².